The molecule has 2 amide bonds. The molecule has 2 rings (SSSR count). The van der Waals surface area contributed by atoms with Crippen molar-refractivity contribution in [1.82, 2.24) is 0 Å². The van der Waals surface area contributed by atoms with Gasteiger partial charge in [-0.05, 0) is 48.9 Å². The first-order valence-electron chi connectivity index (χ1n) is 8.98. The van der Waals surface area contributed by atoms with Gasteiger partial charge < -0.3 is 20.7 Å². The van der Waals surface area contributed by atoms with Crippen LogP contribution in [0.15, 0.2) is 55.1 Å². The standard InChI is InChI=1S/C21H24ClN3O3/c1-3-5-20(26)24-16-8-11-18(22)19(13-16)25-21(27)14-23-15-6-9-17(10-7-15)28-12-4-2/h4,6-11,13,23H,2-3,5,12,14H2,1H3,(H,24,26)(H,25,27). The van der Waals surface area contributed by atoms with E-state index in [1.54, 1.807) is 24.3 Å². The van der Waals surface area contributed by atoms with E-state index in [0.717, 1.165) is 17.9 Å². The Hall–Kier alpha value is -2.99. The molecule has 2 aromatic carbocycles. The fourth-order valence-corrected chi connectivity index (χ4v) is 2.52. The lowest BCUT2D eigenvalue weighted by molar-refractivity contribution is -0.116. The Balaban J connectivity index is 1.89. The number of ether oxygens (including phenoxy) is 1. The lowest BCUT2D eigenvalue weighted by atomic mass is 10.2. The van der Waals surface area contributed by atoms with Gasteiger partial charge in [-0.25, -0.2) is 0 Å². The molecule has 6 nitrogen and oxygen atoms in total. The van der Waals surface area contributed by atoms with Gasteiger partial charge in [0, 0.05) is 17.8 Å². The SMILES string of the molecule is C=CCOc1ccc(NCC(=O)Nc2cc(NC(=O)CCC)ccc2Cl)cc1. The van der Waals surface area contributed by atoms with Crippen LogP contribution in [0, 0.1) is 0 Å². The first-order valence-corrected chi connectivity index (χ1v) is 9.36. The minimum Gasteiger partial charge on any atom is -0.490 e. The van der Waals surface area contributed by atoms with Crippen molar-refractivity contribution in [3.05, 3.63) is 60.1 Å². The summed E-state index contributed by atoms with van der Waals surface area (Å²) in [6, 6.07) is 12.2. The number of carbonyl (C=O) groups is 2. The second-order valence-electron chi connectivity index (χ2n) is 6.02. The lowest BCUT2D eigenvalue weighted by Crippen LogP contribution is -2.22. The molecule has 2 aromatic rings. The van der Waals surface area contributed by atoms with Crippen LogP contribution in [0.1, 0.15) is 19.8 Å². The van der Waals surface area contributed by atoms with E-state index in [0.29, 0.717) is 29.4 Å². The number of nitrogens with one attached hydrogen (secondary N) is 3. The van der Waals surface area contributed by atoms with Crippen LogP contribution in [0.3, 0.4) is 0 Å². The monoisotopic (exact) mass is 401 g/mol. The fourth-order valence-electron chi connectivity index (χ4n) is 2.35. The van der Waals surface area contributed by atoms with Gasteiger partial charge in [0.25, 0.3) is 0 Å². The maximum absolute atomic E-state index is 12.2. The van der Waals surface area contributed by atoms with E-state index < -0.39 is 0 Å². The molecule has 0 heterocycles. The number of hydrogen-bond acceptors (Lipinski definition) is 4. The first-order chi connectivity index (χ1) is 13.5. The molecule has 0 aromatic heterocycles. The van der Waals surface area contributed by atoms with Crippen LogP contribution in [-0.4, -0.2) is 25.0 Å². The number of rotatable bonds is 10. The third-order valence-electron chi connectivity index (χ3n) is 3.68. The van der Waals surface area contributed by atoms with Gasteiger partial charge in [-0.15, -0.1) is 0 Å². The number of halogens is 1. The van der Waals surface area contributed by atoms with Crippen molar-refractivity contribution in [2.45, 2.75) is 19.8 Å². The normalized spacial score (nSPS) is 10.1. The van der Waals surface area contributed by atoms with Crippen molar-refractivity contribution < 1.29 is 14.3 Å². The maximum atomic E-state index is 12.2. The molecule has 0 aliphatic heterocycles. The van der Waals surface area contributed by atoms with Crippen LogP contribution in [0.5, 0.6) is 5.75 Å². The van der Waals surface area contributed by atoms with Gasteiger partial charge in [0.05, 0.1) is 17.3 Å². The Labute approximate surface area is 169 Å². The molecule has 0 fully saturated rings. The third kappa shape index (κ3) is 6.96. The average molecular weight is 402 g/mol. The van der Waals surface area contributed by atoms with E-state index >= 15 is 0 Å². The quantitative estimate of drug-likeness (QED) is 0.504. The van der Waals surface area contributed by atoms with Crippen molar-refractivity contribution in [1.29, 1.82) is 0 Å². The molecule has 0 spiro atoms. The summed E-state index contributed by atoms with van der Waals surface area (Å²) in [6.07, 6.45) is 2.87. The summed E-state index contributed by atoms with van der Waals surface area (Å²) in [5, 5.41) is 8.95. The Bertz CT molecular complexity index is 822. The Kier molecular flexibility index (Phi) is 8.37. The Morgan fingerprint density at radius 2 is 1.79 bits per heavy atom. The lowest BCUT2D eigenvalue weighted by Gasteiger charge is -2.12. The average Bonchev–Trinajstić information content (AvgIpc) is 2.68. The molecule has 0 aliphatic rings. The van der Waals surface area contributed by atoms with E-state index in [1.807, 2.05) is 31.2 Å². The molecule has 0 saturated carbocycles. The minimum absolute atomic E-state index is 0.0651. The smallest absolute Gasteiger partial charge is 0.243 e. The molecular formula is C21H24ClN3O3. The number of benzene rings is 2. The summed E-state index contributed by atoms with van der Waals surface area (Å²) in [4.78, 5) is 23.9. The van der Waals surface area contributed by atoms with Crippen LogP contribution >= 0.6 is 11.6 Å². The highest BCUT2D eigenvalue weighted by molar-refractivity contribution is 6.33. The summed E-state index contributed by atoms with van der Waals surface area (Å²) >= 11 is 6.15. The van der Waals surface area contributed by atoms with Gasteiger partial charge in [0.15, 0.2) is 0 Å². The zero-order chi connectivity index (χ0) is 20.4. The van der Waals surface area contributed by atoms with Gasteiger partial charge in [0.2, 0.25) is 11.8 Å². The highest BCUT2D eigenvalue weighted by atomic mass is 35.5. The zero-order valence-corrected chi connectivity index (χ0v) is 16.5. The minimum atomic E-state index is -0.258. The fraction of sp³-hybridized carbons (Fsp3) is 0.238. The van der Waals surface area contributed by atoms with Crippen LogP contribution in [0.2, 0.25) is 5.02 Å². The van der Waals surface area contributed by atoms with E-state index in [-0.39, 0.29) is 18.4 Å². The molecule has 148 valence electrons. The number of anilines is 3. The maximum Gasteiger partial charge on any atom is 0.243 e. The van der Waals surface area contributed by atoms with E-state index in [4.69, 9.17) is 16.3 Å². The molecule has 0 unspecified atom stereocenters. The molecule has 3 N–H and O–H groups in total. The van der Waals surface area contributed by atoms with Crippen molar-refractivity contribution in [2.75, 3.05) is 29.1 Å². The van der Waals surface area contributed by atoms with Crippen LogP contribution in [0.4, 0.5) is 17.1 Å². The first kappa shape index (κ1) is 21.3. The van der Waals surface area contributed by atoms with E-state index in [1.165, 1.54) is 0 Å². The molecule has 0 radical (unpaired) electrons. The van der Waals surface area contributed by atoms with Gasteiger partial charge in [-0.1, -0.05) is 31.2 Å². The molecule has 0 atom stereocenters. The molecule has 0 bridgehead atoms. The van der Waals surface area contributed by atoms with Crippen LogP contribution in [0.25, 0.3) is 0 Å². The molecular weight excluding hydrogens is 378 g/mol. The van der Waals surface area contributed by atoms with Crippen LogP contribution in [-0.2, 0) is 9.59 Å². The summed E-state index contributed by atoms with van der Waals surface area (Å²) in [5.74, 6) is 0.388. The third-order valence-corrected chi connectivity index (χ3v) is 4.01. The predicted molar refractivity (Wildman–Crippen MR) is 114 cm³/mol. The summed E-state index contributed by atoms with van der Waals surface area (Å²) in [5.41, 5.74) is 1.81. The Morgan fingerprint density at radius 3 is 2.46 bits per heavy atom. The topological polar surface area (TPSA) is 79.5 Å². The Morgan fingerprint density at radius 1 is 1.07 bits per heavy atom. The summed E-state index contributed by atoms with van der Waals surface area (Å²) < 4.78 is 5.41. The highest BCUT2D eigenvalue weighted by Gasteiger charge is 2.09. The molecule has 7 heteroatoms. The van der Waals surface area contributed by atoms with Gasteiger partial charge in [-0.2, -0.15) is 0 Å². The largest absolute Gasteiger partial charge is 0.490 e. The second-order valence-corrected chi connectivity index (χ2v) is 6.43. The van der Waals surface area contributed by atoms with Crippen molar-refractivity contribution >= 4 is 40.5 Å². The van der Waals surface area contributed by atoms with Crippen molar-refractivity contribution in [3.63, 3.8) is 0 Å². The van der Waals surface area contributed by atoms with E-state index in [2.05, 4.69) is 22.5 Å². The molecule has 28 heavy (non-hydrogen) atoms. The van der Waals surface area contributed by atoms with Gasteiger partial charge in [0.1, 0.15) is 12.4 Å². The zero-order valence-electron chi connectivity index (χ0n) is 15.8. The predicted octanol–water partition coefficient (Wildman–Crippen LogP) is 4.69. The van der Waals surface area contributed by atoms with E-state index in [9.17, 15) is 9.59 Å². The van der Waals surface area contributed by atoms with Crippen molar-refractivity contribution in [2.24, 2.45) is 0 Å². The molecule has 0 saturated heterocycles. The van der Waals surface area contributed by atoms with Gasteiger partial charge in [-0.3, -0.25) is 9.59 Å². The number of carbonyl (C=O) groups excluding carboxylic acids is 2. The second kappa shape index (κ2) is 11.0. The number of amides is 2. The summed E-state index contributed by atoms with van der Waals surface area (Å²) in [6.45, 7) is 6.03. The molecule has 0 aliphatic carbocycles. The van der Waals surface area contributed by atoms with Crippen molar-refractivity contribution in [3.8, 4) is 5.75 Å². The summed E-state index contributed by atoms with van der Waals surface area (Å²) in [7, 11) is 0. The van der Waals surface area contributed by atoms with Gasteiger partial charge >= 0.3 is 0 Å². The van der Waals surface area contributed by atoms with Crippen LogP contribution < -0.4 is 20.7 Å². The highest BCUT2D eigenvalue weighted by Crippen LogP contribution is 2.25. The number of hydrogen-bond donors (Lipinski definition) is 3.